The average Bonchev–Trinajstić information content (AvgIpc) is 3.21. The molecule has 0 N–H and O–H groups in total. The lowest BCUT2D eigenvalue weighted by Gasteiger charge is -2.06. The molecule has 0 unspecified atom stereocenters. The molecule has 0 amide bonds. The standard InChI is InChI=1S/C24H20FN3OS/c1-3-22-23(28-24(30-22)17-6-5-11-26-13-17)16-9-10-18(27-14-16)12-21(29)19-7-4-8-20(25)15(19)2/h4-11,13-14H,3,12H2,1-2H3. The van der Waals surface area contributed by atoms with Crippen molar-refractivity contribution < 1.29 is 9.18 Å². The number of benzene rings is 1. The fourth-order valence-corrected chi connectivity index (χ4v) is 4.28. The molecule has 4 aromatic rings. The molecule has 1 aromatic carbocycles. The Bertz CT molecular complexity index is 1190. The van der Waals surface area contributed by atoms with Crippen LogP contribution in [0, 0.1) is 12.7 Å². The summed E-state index contributed by atoms with van der Waals surface area (Å²) in [4.78, 5) is 27.2. The molecule has 0 radical (unpaired) electrons. The number of hydrogen-bond acceptors (Lipinski definition) is 5. The summed E-state index contributed by atoms with van der Waals surface area (Å²) in [7, 11) is 0. The van der Waals surface area contributed by atoms with Gasteiger partial charge in [-0.2, -0.15) is 0 Å². The van der Waals surface area contributed by atoms with E-state index in [2.05, 4.69) is 16.9 Å². The summed E-state index contributed by atoms with van der Waals surface area (Å²) >= 11 is 1.65. The Balaban J connectivity index is 1.57. The first-order chi connectivity index (χ1) is 14.6. The second-order valence-electron chi connectivity index (χ2n) is 6.94. The van der Waals surface area contributed by atoms with Crippen molar-refractivity contribution in [3.8, 4) is 21.8 Å². The van der Waals surface area contributed by atoms with Crippen molar-refractivity contribution >= 4 is 17.1 Å². The SMILES string of the molecule is CCc1sc(-c2cccnc2)nc1-c1ccc(CC(=O)c2cccc(F)c2C)nc1. The van der Waals surface area contributed by atoms with Gasteiger partial charge >= 0.3 is 0 Å². The molecule has 0 aliphatic rings. The molecule has 3 heterocycles. The van der Waals surface area contributed by atoms with Crippen LogP contribution in [0.25, 0.3) is 21.8 Å². The molecule has 0 spiro atoms. The van der Waals surface area contributed by atoms with E-state index in [1.165, 1.54) is 10.9 Å². The van der Waals surface area contributed by atoms with E-state index >= 15 is 0 Å². The minimum absolute atomic E-state index is 0.128. The van der Waals surface area contributed by atoms with Gasteiger partial charge in [0, 0.05) is 45.9 Å². The van der Waals surface area contributed by atoms with Crippen molar-refractivity contribution in [1.29, 1.82) is 0 Å². The monoisotopic (exact) mass is 417 g/mol. The topological polar surface area (TPSA) is 55.7 Å². The third-order valence-electron chi connectivity index (χ3n) is 4.93. The van der Waals surface area contributed by atoms with Crippen molar-refractivity contribution in [3.63, 3.8) is 0 Å². The summed E-state index contributed by atoms with van der Waals surface area (Å²) in [5.41, 5.74) is 4.23. The molecule has 0 fully saturated rings. The number of ketones is 1. The lowest BCUT2D eigenvalue weighted by Crippen LogP contribution is -2.08. The van der Waals surface area contributed by atoms with Gasteiger partial charge < -0.3 is 0 Å². The summed E-state index contributed by atoms with van der Waals surface area (Å²) in [6.07, 6.45) is 6.30. The van der Waals surface area contributed by atoms with E-state index in [9.17, 15) is 9.18 Å². The number of pyridine rings is 2. The molecule has 4 rings (SSSR count). The van der Waals surface area contributed by atoms with Crippen LogP contribution in [-0.4, -0.2) is 20.7 Å². The molecule has 0 aliphatic heterocycles. The summed E-state index contributed by atoms with van der Waals surface area (Å²) in [5, 5.41) is 0.927. The van der Waals surface area contributed by atoms with Gasteiger partial charge in [0.1, 0.15) is 10.8 Å². The van der Waals surface area contributed by atoms with Gasteiger partial charge in [0.05, 0.1) is 12.1 Å². The molecule has 6 heteroatoms. The lowest BCUT2D eigenvalue weighted by atomic mass is 10.0. The zero-order valence-electron chi connectivity index (χ0n) is 16.7. The minimum atomic E-state index is -0.371. The highest BCUT2D eigenvalue weighted by molar-refractivity contribution is 7.15. The molecule has 4 nitrogen and oxygen atoms in total. The lowest BCUT2D eigenvalue weighted by molar-refractivity contribution is 0.0991. The quantitative estimate of drug-likeness (QED) is 0.378. The Morgan fingerprint density at radius 1 is 1.07 bits per heavy atom. The van der Waals surface area contributed by atoms with E-state index in [-0.39, 0.29) is 18.0 Å². The second kappa shape index (κ2) is 8.63. The van der Waals surface area contributed by atoms with Crippen LogP contribution in [0.1, 0.15) is 33.4 Å². The van der Waals surface area contributed by atoms with Gasteiger partial charge in [-0.1, -0.05) is 19.1 Å². The van der Waals surface area contributed by atoms with E-state index in [0.29, 0.717) is 16.8 Å². The highest BCUT2D eigenvalue weighted by Gasteiger charge is 2.16. The van der Waals surface area contributed by atoms with Crippen LogP contribution in [0.4, 0.5) is 4.39 Å². The number of carbonyl (C=O) groups excluding carboxylic acids is 1. The second-order valence-corrected chi connectivity index (χ2v) is 8.02. The Labute approximate surface area is 178 Å². The molecule has 3 aromatic heterocycles. The maximum Gasteiger partial charge on any atom is 0.169 e. The van der Waals surface area contributed by atoms with Gasteiger partial charge in [0.2, 0.25) is 0 Å². The number of hydrogen-bond donors (Lipinski definition) is 0. The van der Waals surface area contributed by atoms with Crippen LogP contribution in [0.5, 0.6) is 0 Å². The molecular formula is C24H20FN3OS. The third kappa shape index (κ3) is 4.04. The van der Waals surface area contributed by atoms with Crippen molar-refractivity contribution in [3.05, 3.63) is 88.6 Å². The maximum atomic E-state index is 13.7. The summed E-state index contributed by atoms with van der Waals surface area (Å²) in [6, 6.07) is 12.2. The van der Waals surface area contributed by atoms with E-state index in [0.717, 1.165) is 28.2 Å². The minimum Gasteiger partial charge on any atom is -0.294 e. The van der Waals surface area contributed by atoms with Gasteiger partial charge in [-0.05, 0) is 49.2 Å². The summed E-state index contributed by atoms with van der Waals surface area (Å²) < 4.78 is 13.7. The first-order valence-corrected chi connectivity index (χ1v) is 10.5. The zero-order valence-corrected chi connectivity index (χ0v) is 17.5. The van der Waals surface area contributed by atoms with Crippen LogP contribution in [0.15, 0.2) is 61.1 Å². The largest absolute Gasteiger partial charge is 0.294 e. The predicted octanol–water partition coefficient (Wildman–Crippen LogP) is 5.70. The van der Waals surface area contributed by atoms with E-state index in [1.807, 2.05) is 30.5 Å². The number of rotatable bonds is 6. The number of aromatic nitrogens is 3. The molecule has 0 atom stereocenters. The van der Waals surface area contributed by atoms with Gasteiger partial charge in [0.25, 0.3) is 0 Å². The summed E-state index contributed by atoms with van der Waals surface area (Å²) in [5.74, 6) is -0.516. The summed E-state index contributed by atoms with van der Waals surface area (Å²) in [6.45, 7) is 3.72. The van der Waals surface area contributed by atoms with E-state index in [1.54, 1.807) is 42.8 Å². The highest BCUT2D eigenvalue weighted by atomic mass is 32.1. The highest BCUT2D eigenvalue weighted by Crippen LogP contribution is 2.33. The molecule has 150 valence electrons. The normalized spacial score (nSPS) is 10.9. The Morgan fingerprint density at radius 2 is 1.93 bits per heavy atom. The van der Waals surface area contributed by atoms with Crippen molar-refractivity contribution in [2.24, 2.45) is 0 Å². The van der Waals surface area contributed by atoms with Crippen LogP contribution in [0.2, 0.25) is 0 Å². The number of halogens is 1. The fourth-order valence-electron chi connectivity index (χ4n) is 3.27. The predicted molar refractivity (Wildman–Crippen MR) is 117 cm³/mol. The number of carbonyl (C=O) groups is 1. The van der Waals surface area contributed by atoms with Crippen molar-refractivity contribution in [2.75, 3.05) is 0 Å². The first-order valence-electron chi connectivity index (χ1n) is 9.70. The molecule has 30 heavy (non-hydrogen) atoms. The third-order valence-corrected chi connectivity index (χ3v) is 6.18. The van der Waals surface area contributed by atoms with E-state index < -0.39 is 0 Å². The van der Waals surface area contributed by atoms with E-state index in [4.69, 9.17) is 4.98 Å². The fraction of sp³-hybridized carbons (Fsp3) is 0.167. The Kier molecular flexibility index (Phi) is 5.77. The van der Waals surface area contributed by atoms with Crippen LogP contribution >= 0.6 is 11.3 Å². The van der Waals surface area contributed by atoms with Crippen molar-refractivity contribution in [2.45, 2.75) is 26.7 Å². The van der Waals surface area contributed by atoms with Crippen LogP contribution in [0.3, 0.4) is 0 Å². The Morgan fingerprint density at radius 3 is 2.63 bits per heavy atom. The molecule has 0 aliphatic carbocycles. The number of thiazole rings is 1. The van der Waals surface area contributed by atoms with Crippen molar-refractivity contribution in [1.82, 2.24) is 15.0 Å². The first kappa shape index (κ1) is 20.0. The average molecular weight is 418 g/mol. The van der Waals surface area contributed by atoms with Crippen LogP contribution in [-0.2, 0) is 12.8 Å². The zero-order chi connectivity index (χ0) is 21.1. The molecular weight excluding hydrogens is 397 g/mol. The number of aryl methyl sites for hydroxylation is 1. The smallest absolute Gasteiger partial charge is 0.169 e. The number of nitrogens with zero attached hydrogens (tertiary/aromatic N) is 3. The maximum absolute atomic E-state index is 13.7. The molecule has 0 saturated carbocycles. The van der Waals surface area contributed by atoms with Gasteiger partial charge in [-0.15, -0.1) is 11.3 Å². The Hall–Kier alpha value is -3.25. The van der Waals surface area contributed by atoms with Gasteiger partial charge in [0.15, 0.2) is 5.78 Å². The molecule has 0 saturated heterocycles. The molecule has 0 bridgehead atoms. The van der Waals surface area contributed by atoms with Crippen LogP contribution < -0.4 is 0 Å². The number of Topliss-reactive ketones (excluding diaryl/α,β-unsaturated/α-hetero) is 1. The van der Waals surface area contributed by atoms with Gasteiger partial charge in [-0.25, -0.2) is 9.37 Å². The van der Waals surface area contributed by atoms with Gasteiger partial charge in [-0.3, -0.25) is 14.8 Å².